The van der Waals surface area contributed by atoms with Crippen molar-refractivity contribution in [3.05, 3.63) is 41.1 Å². The third kappa shape index (κ3) is 2.96. The van der Waals surface area contributed by atoms with Crippen molar-refractivity contribution < 1.29 is 4.79 Å². The van der Waals surface area contributed by atoms with Crippen LogP contribution in [0.5, 0.6) is 0 Å². The monoisotopic (exact) mass is 265 g/mol. The number of halogens is 1. The quantitative estimate of drug-likeness (QED) is 0.736. The summed E-state index contributed by atoms with van der Waals surface area (Å²) in [5.74, 6) is -0.106. The van der Waals surface area contributed by atoms with Crippen molar-refractivity contribution >= 4 is 23.2 Å². The Kier molecular flexibility index (Phi) is 3.77. The number of nitrogens with one attached hydrogen (secondary N) is 3. The van der Waals surface area contributed by atoms with Gasteiger partial charge >= 0.3 is 0 Å². The number of hydrazine groups is 1. The molecule has 4 nitrogen and oxygen atoms in total. The summed E-state index contributed by atoms with van der Waals surface area (Å²) in [5.41, 5.74) is 8.14. The van der Waals surface area contributed by atoms with Crippen LogP contribution in [0, 0.1) is 6.92 Å². The Morgan fingerprint density at radius 3 is 2.94 bits per heavy atom. The predicted octanol–water partition coefficient (Wildman–Crippen LogP) is 2.36. The first-order chi connectivity index (χ1) is 8.56. The Morgan fingerprint density at radius 1 is 1.56 bits per heavy atom. The zero-order valence-electron chi connectivity index (χ0n) is 10.2. The molecule has 0 aromatic heterocycles. The summed E-state index contributed by atoms with van der Waals surface area (Å²) in [6, 6.07) is 5.38. The van der Waals surface area contributed by atoms with Gasteiger partial charge in [-0.3, -0.25) is 15.6 Å². The second-order valence-corrected chi connectivity index (χ2v) is 4.84. The number of aryl methyl sites for hydroxylation is 1. The molecule has 0 spiro atoms. The minimum atomic E-state index is -0.214. The highest BCUT2D eigenvalue weighted by molar-refractivity contribution is 6.33. The Hall–Kier alpha value is -1.68. The molecule has 5 heteroatoms. The Morgan fingerprint density at radius 2 is 2.33 bits per heavy atom. The maximum atomic E-state index is 11.8. The maximum absolute atomic E-state index is 11.8. The fourth-order valence-electron chi connectivity index (χ4n) is 1.84. The molecule has 0 bridgehead atoms. The van der Waals surface area contributed by atoms with E-state index in [0.29, 0.717) is 10.7 Å². The number of carbonyl (C=O) groups excluding carboxylic acids is 1. The average molecular weight is 266 g/mol. The largest absolute Gasteiger partial charge is 0.377 e. The lowest BCUT2D eigenvalue weighted by Crippen LogP contribution is -2.42. The Balaban J connectivity index is 1.91. The lowest BCUT2D eigenvalue weighted by Gasteiger charge is -2.14. The molecule has 1 atom stereocenters. The molecule has 96 valence electrons. The van der Waals surface area contributed by atoms with Gasteiger partial charge in [-0.25, -0.2) is 0 Å². The molecule has 1 fully saturated rings. The SMILES string of the molecule is C=C1CCC(C(=O)NNc2ccc(C)cc2Cl)N1. The number of benzene rings is 1. The number of carbonyl (C=O) groups is 1. The van der Waals surface area contributed by atoms with Gasteiger partial charge in [0, 0.05) is 5.70 Å². The van der Waals surface area contributed by atoms with E-state index < -0.39 is 0 Å². The summed E-state index contributed by atoms with van der Waals surface area (Å²) in [4.78, 5) is 11.8. The topological polar surface area (TPSA) is 53.2 Å². The molecule has 18 heavy (non-hydrogen) atoms. The van der Waals surface area contributed by atoms with Crippen molar-refractivity contribution in [2.75, 3.05) is 5.43 Å². The van der Waals surface area contributed by atoms with Gasteiger partial charge in [0.05, 0.1) is 10.7 Å². The van der Waals surface area contributed by atoms with E-state index in [-0.39, 0.29) is 11.9 Å². The highest BCUT2D eigenvalue weighted by atomic mass is 35.5. The second kappa shape index (κ2) is 5.31. The number of hydrogen-bond donors (Lipinski definition) is 3. The van der Waals surface area contributed by atoms with Gasteiger partial charge in [-0.2, -0.15) is 0 Å². The molecule has 1 aromatic carbocycles. The van der Waals surface area contributed by atoms with E-state index in [9.17, 15) is 4.79 Å². The second-order valence-electron chi connectivity index (χ2n) is 4.44. The summed E-state index contributed by atoms with van der Waals surface area (Å²) in [6.45, 7) is 5.76. The van der Waals surface area contributed by atoms with Gasteiger partial charge < -0.3 is 5.32 Å². The van der Waals surface area contributed by atoms with Crippen LogP contribution in [0.3, 0.4) is 0 Å². The summed E-state index contributed by atoms with van der Waals surface area (Å²) in [6.07, 6.45) is 1.61. The smallest absolute Gasteiger partial charge is 0.260 e. The van der Waals surface area contributed by atoms with Crippen LogP contribution in [0.25, 0.3) is 0 Å². The molecular weight excluding hydrogens is 250 g/mol. The molecule has 1 amide bonds. The number of amides is 1. The van der Waals surface area contributed by atoms with E-state index in [0.717, 1.165) is 24.1 Å². The number of allylic oxidation sites excluding steroid dienone is 1. The van der Waals surface area contributed by atoms with Crippen LogP contribution < -0.4 is 16.2 Å². The summed E-state index contributed by atoms with van der Waals surface area (Å²) in [7, 11) is 0. The number of anilines is 1. The van der Waals surface area contributed by atoms with Crippen molar-refractivity contribution in [2.24, 2.45) is 0 Å². The first kappa shape index (κ1) is 12.8. The first-order valence-electron chi connectivity index (χ1n) is 5.82. The molecule has 1 unspecified atom stereocenters. The van der Waals surface area contributed by atoms with E-state index in [1.807, 2.05) is 25.1 Å². The Bertz CT molecular complexity index is 487. The van der Waals surface area contributed by atoms with Crippen LogP contribution in [0.1, 0.15) is 18.4 Å². The van der Waals surface area contributed by atoms with Gasteiger partial charge in [-0.05, 0) is 37.5 Å². The van der Waals surface area contributed by atoms with E-state index in [1.165, 1.54) is 0 Å². The minimum Gasteiger partial charge on any atom is -0.377 e. The highest BCUT2D eigenvalue weighted by Crippen LogP contribution is 2.22. The van der Waals surface area contributed by atoms with Crippen molar-refractivity contribution in [3.8, 4) is 0 Å². The van der Waals surface area contributed by atoms with Gasteiger partial charge in [0.25, 0.3) is 5.91 Å². The van der Waals surface area contributed by atoms with E-state index in [2.05, 4.69) is 22.7 Å². The van der Waals surface area contributed by atoms with Gasteiger partial charge in [0.15, 0.2) is 0 Å². The zero-order chi connectivity index (χ0) is 13.1. The van der Waals surface area contributed by atoms with E-state index >= 15 is 0 Å². The molecule has 1 aliphatic heterocycles. The minimum absolute atomic E-state index is 0.106. The van der Waals surface area contributed by atoms with Crippen molar-refractivity contribution in [1.29, 1.82) is 0 Å². The molecule has 3 N–H and O–H groups in total. The van der Waals surface area contributed by atoms with Gasteiger partial charge in [0.2, 0.25) is 0 Å². The zero-order valence-corrected chi connectivity index (χ0v) is 11.0. The van der Waals surface area contributed by atoms with Crippen LogP contribution in [0.2, 0.25) is 5.02 Å². The highest BCUT2D eigenvalue weighted by Gasteiger charge is 2.23. The fourth-order valence-corrected chi connectivity index (χ4v) is 2.13. The third-order valence-electron chi connectivity index (χ3n) is 2.87. The lowest BCUT2D eigenvalue weighted by atomic mass is 10.2. The molecular formula is C13H16ClN3O. The van der Waals surface area contributed by atoms with E-state index in [4.69, 9.17) is 11.6 Å². The molecule has 2 rings (SSSR count). The molecule has 0 saturated carbocycles. The van der Waals surface area contributed by atoms with E-state index in [1.54, 1.807) is 0 Å². The molecule has 0 radical (unpaired) electrons. The van der Waals surface area contributed by atoms with Crippen molar-refractivity contribution in [2.45, 2.75) is 25.8 Å². The summed E-state index contributed by atoms with van der Waals surface area (Å²) >= 11 is 6.05. The first-order valence-corrected chi connectivity index (χ1v) is 6.20. The van der Waals surface area contributed by atoms with Gasteiger partial charge in [0.1, 0.15) is 6.04 Å². The normalized spacial score (nSPS) is 18.3. The molecule has 0 aliphatic carbocycles. The number of rotatable bonds is 3. The standard InChI is InChI=1S/C13H16ClN3O/c1-8-3-5-11(10(14)7-8)16-17-13(18)12-6-4-9(2)15-12/h3,5,7,12,15-16H,2,4,6H2,1H3,(H,17,18). The summed E-state index contributed by atoms with van der Waals surface area (Å²) < 4.78 is 0. The Labute approximate surface area is 111 Å². The average Bonchev–Trinajstić information content (AvgIpc) is 2.74. The van der Waals surface area contributed by atoms with Crippen molar-refractivity contribution in [3.63, 3.8) is 0 Å². The molecule has 1 heterocycles. The third-order valence-corrected chi connectivity index (χ3v) is 3.19. The predicted molar refractivity (Wildman–Crippen MR) is 73.3 cm³/mol. The van der Waals surface area contributed by atoms with Gasteiger partial charge in [-0.15, -0.1) is 0 Å². The fraction of sp³-hybridized carbons (Fsp3) is 0.308. The van der Waals surface area contributed by atoms with Crippen LogP contribution in [0.4, 0.5) is 5.69 Å². The molecule has 1 saturated heterocycles. The molecule has 1 aliphatic rings. The van der Waals surface area contributed by atoms with Crippen molar-refractivity contribution in [1.82, 2.24) is 10.7 Å². The van der Waals surface area contributed by atoms with Crippen LogP contribution >= 0.6 is 11.6 Å². The number of hydrogen-bond acceptors (Lipinski definition) is 3. The summed E-state index contributed by atoms with van der Waals surface area (Å²) in [5, 5.41) is 3.62. The lowest BCUT2D eigenvalue weighted by molar-refractivity contribution is -0.122. The van der Waals surface area contributed by atoms with Crippen LogP contribution in [-0.2, 0) is 4.79 Å². The van der Waals surface area contributed by atoms with Gasteiger partial charge in [-0.1, -0.05) is 24.2 Å². The molecule has 1 aromatic rings. The van der Waals surface area contributed by atoms with Crippen LogP contribution in [0.15, 0.2) is 30.5 Å². The van der Waals surface area contributed by atoms with Crippen LogP contribution in [-0.4, -0.2) is 11.9 Å². The maximum Gasteiger partial charge on any atom is 0.260 e.